The average molecular weight is 422 g/mol. The van der Waals surface area contributed by atoms with Crippen LogP contribution in [-0.4, -0.2) is 10.1 Å². The molecular formula is C29H27NO2. The van der Waals surface area contributed by atoms with Crippen LogP contribution < -0.4 is 0 Å². The van der Waals surface area contributed by atoms with Crippen molar-refractivity contribution < 1.29 is 9.52 Å². The standard InChI is InChI=1S/C29H27NO2/c1-20-23(16-10-18-26(20)31)19-24-15-8-9-17-25(24)29-30-27(21-11-4-2-5-12-21)28(32-29)22-13-6-3-7-14-22/h2-7,10-14,16-18,24,31H,8-9,15,19H2,1H3. The molecule has 1 atom stereocenters. The second-order valence-electron chi connectivity index (χ2n) is 8.48. The number of hydrogen-bond acceptors (Lipinski definition) is 3. The number of oxazole rings is 1. The Morgan fingerprint density at radius 3 is 2.38 bits per heavy atom. The maximum Gasteiger partial charge on any atom is 0.223 e. The fraction of sp³-hybridized carbons (Fsp3) is 0.207. The molecular weight excluding hydrogens is 394 g/mol. The highest BCUT2D eigenvalue weighted by atomic mass is 16.4. The van der Waals surface area contributed by atoms with Crippen molar-refractivity contribution in [3.05, 3.63) is 102 Å². The van der Waals surface area contributed by atoms with E-state index in [9.17, 15) is 5.11 Å². The largest absolute Gasteiger partial charge is 0.508 e. The monoisotopic (exact) mass is 421 g/mol. The number of allylic oxidation sites excluding steroid dienone is 2. The van der Waals surface area contributed by atoms with Gasteiger partial charge in [0.05, 0.1) is 0 Å². The van der Waals surface area contributed by atoms with Gasteiger partial charge in [0.25, 0.3) is 0 Å². The molecule has 0 fully saturated rings. The van der Waals surface area contributed by atoms with E-state index in [0.717, 1.165) is 53.8 Å². The SMILES string of the molecule is Cc1c(O)cccc1CC1CCCC=C1c1nc(-c2ccccc2)c(-c2ccccc2)o1. The Morgan fingerprint density at radius 2 is 1.62 bits per heavy atom. The summed E-state index contributed by atoms with van der Waals surface area (Å²) in [6, 6.07) is 26.2. The van der Waals surface area contributed by atoms with E-state index in [0.29, 0.717) is 17.6 Å². The molecule has 0 saturated carbocycles. The van der Waals surface area contributed by atoms with Crippen LogP contribution in [0.2, 0.25) is 0 Å². The van der Waals surface area contributed by atoms with E-state index in [-0.39, 0.29) is 0 Å². The fourth-order valence-corrected chi connectivity index (χ4v) is 4.59. The lowest BCUT2D eigenvalue weighted by Crippen LogP contribution is -2.12. The smallest absolute Gasteiger partial charge is 0.223 e. The number of aromatic hydroxyl groups is 1. The Kier molecular flexibility index (Phi) is 5.64. The summed E-state index contributed by atoms with van der Waals surface area (Å²) >= 11 is 0. The molecule has 32 heavy (non-hydrogen) atoms. The van der Waals surface area contributed by atoms with Gasteiger partial charge in [-0.05, 0) is 55.7 Å². The molecule has 1 unspecified atom stereocenters. The van der Waals surface area contributed by atoms with Crippen LogP contribution in [0.3, 0.4) is 0 Å². The van der Waals surface area contributed by atoms with Crippen LogP contribution in [-0.2, 0) is 6.42 Å². The molecule has 0 aliphatic heterocycles. The molecule has 3 aromatic carbocycles. The topological polar surface area (TPSA) is 46.3 Å². The summed E-state index contributed by atoms with van der Waals surface area (Å²) in [7, 11) is 0. The highest BCUT2D eigenvalue weighted by molar-refractivity contribution is 5.79. The van der Waals surface area contributed by atoms with Crippen LogP contribution in [0.15, 0.2) is 89.4 Å². The number of phenolic OH excluding ortho intramolecular Hbond substituents is 1. The molecule has 3 nitrogen and oxygen atoms in total. The van der Waals surface area contributed by atoms with Crippen LogP contribution in [0, 0.1) is 12.8 Å². The van der Waals surface area contributed by atoms with E-state index in [4.69, 9.17) is 9.40 Å². The van der Waals surface area contributed by atoms with Crippen molar-refractivity contribution in [3.63, 3.8) is 0 Å². The number of benzene rings is 3. The minimum atomic E-state index is 0.315. The molecule has 1 heterocycles. The molecule has 1 aliphatic rings. The van der Waals surface area contributed by atoms with Crippen molar-refractivity contribution in [2.45, 2.75) is 32.6 Å². The first-order valence-electron chi connectivity index (χ1n) is 11.3. The second kappa shape index (κ2) is 8.88. The van der Waals surface area contributed by atoms with E-state index in [1.54, 1.807) is 6.07 Å². The first-order valence-corrected chi connectivity index (χ1v) is 11.3. The Balaban J connectivity index is 1.56. The molecule has 0 bridgehead atoms. The summed E-state index contributed by atoms with van der Waals surface area (Å²) in [6.07, 6.45) is 6.44. The molecule has 160 valence electrons. The normalized spacial score (nSPS) is 16.0. The number of nitrogens with zero attached hydrogens (tertiary/aromatic N) is 1. The van der Waals surface area contributed by atoms with Gasteiger partial charge in [0, 0.05) is 16.7 Å². The molecule has 0 spiro atoms. The quantitative estimate of drug-likeness (QED) is 0.364. The summed E-state index contributed by atoms with van der Waals surface area (Å²) in [4.78, 5) is 5.03. The molecule has 1 aromatic heterocycles. The van der Waals surface area contributed by atoms with Crippen molar-refractivity contribution in [3.8, 4) is 28.3 Å². The lowest BCUT2D eigenvalue weighted by molar-refractivity contribution is 0.467. The van der Waals surface area contributed by atoms with Gasteiger partial charge in [-0.1, -0.05) is 78.9 Å². The zero-order valence-corrected chi connectivity index (χ0v) is 18.3. The molecule has 0 saturated heterocycles. The van der Waals surface area contributed by atoms with Crippen molar-refractivity contribution in [1.29, 1.82) is 0 Å². The number of aromatic nitrogens is 1. The molecule has 5 rings (SSSR count). The van der Waals surface area contributed by atoms with E-state index >= 15 is 0 Å². The van der Waals surface area contributed by atoms with E-state index in [1.165, 1.54) is 11.1 Å². The Morgan fingerprint density at radius 1 is 0.906 bits per heavy atom. The molecule has 0 amide bonds. The van der Waals surface area contributed by atoms with Gasteiger partial charge in [0.15, 0.2) is 5.76 Å². The Labute approximate surface area is 189 Å². The minimum Gasteiger partial charge on any atom is -0.508 e. The predicted octanol–water partition coefficient (Wildman–Crippen LogP) is 7.45. The molecule has 1 N–H and O–H groups in total. The van der Waals surface area contributed by atoms with Crippen LogP contribution >= 0.6 is 0 Å². The number of phenols is 1. The zero-order chi connectivity index (χ0) is 21.9. The van der Waals surface area contributed by atoms with E-state index in [2.05, 4.69) is 36.4 Å². The summed E-state index contributed by atoms with van der Waals surface area (Å²) in [6.45, 7) is 1.99. The summed E-state index contributed by atoms with van der Waals surface area (Å²) < 4.78 is 6.49. The maximum atomic E-state index is 10.2. The van der Waals surface area contributed by atoms with Crippen LogP contribution in [0.4, 0.5) is 0 Å². The van der Waals surface area contributed by atoms with Crippen LogP contribution in [0.25, 0.3) is 28.2 Å². The zero-order valence-electron chi connectivity index (χ0n) is 18.3. The van der Waals surface area contributed by atoms with Crippen LogP contribution in [0.5, 0.6) is 5.75 Å². The molecule has 1 aliphatic carbocycles. The fourth-order valence-electron chi connectivity index (χ4n) is 4.59. The van der Waals surface area contributed by atoms with Gasteiger partial charge < -0.3 is 9.52 Å². The predicted molar refractivity (Wildman–Crippen MR) is 129 cm³/mol. The summed E-state index contributed by atoms with van der Waals surface area (Å²) in [5.41, 5.74) is 6.28. The van der Waals surface area contributed by atoms with Crippen molar-refractivity contribution >= 4 is 5.57 Å². The lowest BCUT2D eigenvalue weighted by Gasteiger charge is -2.23. The van der Waals surface area contributed by atoms with Gasteiger partial charge in [0.1, 0.15) is 11.4 Å². The lowest BCUT2D eigenvalue weighted by atomic mass is 9.82. The molecule has 3 heteroatoms. The van der Waals surface area contributed by atoms with E-state index in [1.807, 2.05) is 49.4 Å². The first kappa shape index (κ1) is 20.3. The highest BCUT2D eigenvalue weighted by Gasteiger charge is 2.26. The van der Waals surface area contributed by atoms with Gasteiger partial charge in [0.2, 0.25) is 5.89 Å². The molecule has 4 aromatic rings. The molecule has 0 radical (unpaired) electrons. The maximum absolute atomic E-state index is 10.2. The van der Waals surface area contributed by atoms with Crippen molar-refractivity contribution in [2.75, 3.05) is 0 Å². The number of hydrogen-bond donors (Lipinski definition) is 1. The first-order chi connectivity index (χ1) is 15.7. The number of rotatable bonds is 5. The third-order valence-corrected chi connectivity index (χ3v) is 6.40. The van der Waals surface area contributed by atoms with E-state index < -0.39 is 0 Å². The highest BCUT2D eigenvalue weighted by Crippen LogP contribution is 2.40. The van der Waals surface area contributed by atoms with Crippen molar-refractivity contribution in [2.24, 2.45) is 5.92 Å². The third-order valence-electron chi connectivity index (χ3n) is 6.40. The van der Waals surface area contributed by atoms with Gasteiger partial charge in [-0.3, -0.25) is 0 Å². The van der Waals surface area contributed by atoms with Gasteiger partial charge in [-0.25, -0.2) is 4.98 Å². The van der Waals surface area contributed by atoms with Gasteiger partial charge in [-0.2, -0.15) is 0 Å². The van der Waals surface area contributed by atoms with Crippen LogP contribution in [0.1, 0.15) is 36.3 Å². The van der Waals surface area contributed by atoms with Gasteiger partial charge in [-0.15, -0.1) is 0 Å². The summed E-state index contributed by atoms with van der Waals surface area (Å²) in [5.74, 6) is 2.20. The minimum absolute atomic E-state index is 0.315. The average Bonchev–Trinajstić information content (AvgIpc) is 3.29. The third kappa shape index (κ3) is 3.99. The summed E-state index contributed by atoms with van der Waals surface area (Å²) in [5, 5.41) is 10.2. The second-order valence-corrected chi connectivity index (χ2v) is 8.48. The van der Waals surface area contributed by atoms with Crippen molar-refractivity contribution in [1.82, 2.24) is 4.98 Å². The Hall–Kier alpha value is -3.59. The Bertz CT molecular complexity index is 1180. The van der Waals surface area contributed by atoms with Gasteiger partial charge >= 0.3 is 0 Å².